The van der Waals surface area contributed by atoms with Gasteiger partial charge in [-0.05, 0) is 25.0 Å². The summed E-state index contributed by atoms with van der Waals surface area (Å²) in [5.41, 5.74) is 1.80. The van der Waals surface area contributed by atoms with Crippen molar-refractivity contribution in [2.45, 2.75) is 31.3 Å². The van der Waals surface area contributed by atoms with Gasteiger partial charge in [-0.25, -0.2) is 14.6 Å². The Labute approximate surface area is 151 Å². The first-order chi connectivity index (χ1) is 12.7. The van der Waals surface area contributed by atoms with Gasteiger partial charge < -0.3 is 9.47 Å². The molecule has 7 nitrogen and oxygen atoms in total. The van der Waals surface area contributed by atoms with Crippen LogP contribution in [0.1, 0.15) is 19.3 Å². The molecule has 0 unspecified atom stereocenters. The summed E-state index contributed by atoms with van der Waals surface area (Å²) in [6.45, 7) is 0. The Balaban J connectivity index is 1.84. The maximum absolute atomic E-state index is 12.6. The molecule has 0 spiro atoms. The first-order valence-corrected chi connectivity index (χ1v) is 8.83. The summed E-state index contributed by atoms with van der Waals surface area (Å²) < 4.78 is 10.0. The molecule has 26 heavy (non-hydrogen) atoms. The van der Waals surface area contributed by atoms with E-state index in [-0.39, 0.29) is 23.9 Å². The van der Waals surface area contributed by atoms with E-state index in [1.165, 1.54) is 14.2 Å². The third kappa shape index (κ3) is 2.41. The second-order valence-corrected chi connectivity index (χ2v) is 6.82. The predicted octanol–water partition coefficient (Wildman–Crippen LogP) is 2.68. The molecule has 4 atom stereocenters. The van der Waals surface area contributed by atoms with E-state index in [1.807, 2.05) is 35.3 Å². The van der Waals surface area contributed by atoms with Crippen LogP contribution in [0.2, 0.25) is 0 Å². The second-order valence-electron chi connectivity index (χ2n) is 6.82. The topological polar surface area (TPSA) is 80.6 Å². The van der Waals surface area contributed by atoms with Crippen LogP contribution in [-0.4, -0.2) is 38.2 Å². The summed E-state index contributed by atoms with van der Waals surface area (Å²) in [7, 11) is 2.69. The van der Waals surface area contributed by atoms with Gasteiger partial charge in [0.1, 0.15) is 6.04 Å². The van der Waals surface area contributed by atoms with Gasteiger partial charge in [-0.2, -0.15) is 5.11 Å². The lowest BCUT2D eigenvalue weighted by Gasteiger charge is -2.38. The molecule has 0 saturated heterocycles. The van der Waals surface area contributed by atoms with Crippen molar-refractivity contribution >= 4 is 17.6 Å². The van der Waals surface area contributed by atoms with Crippen molar-refractivity contribution in [3.63, 3.8) is 0 Å². The number of esters is 2. The standard InChI is InChI=1S/C19H21N3O4/c1-25-18(23)14-12-9-6-10-13(15(14)19(24)26-2)17-16(12)20-21-22(17)11-7-4-3-5-8-11/h3-5,7-8,12-13,16-17H,6,9-10H2,1-2H3/t12-,13+,16+,17-/m1/s1. The van der Waals surface area contributed by atoms with Crippen molar-refractivity contribution in [2.75, 3.05) is 19.2 Å². The highest BCUT2D eigenvalue weighted by Gasteiger charge is 2.55. The van der Waals surface area contributed by atoms with Crippen LogP contribution in [0.15, 0.2) is 51.8 Å². The molecule has 1 aliphatic heterocycles. The fraction of sp³-hybridized carbons (Fsp3) is 0.474. The highest BCUT2D eigenvalue weighted by molar-refractivity contribution is 6.02. The molecule has 1 saturated carbocycles. The molecule has 1 fully saturated rings. The Kier molecular flexibility index (Phi) is 4.22. The lowest BCUT2D eigenvalue weighted by molar-refractivity contribution is -0.140. The van der Waals surface area contributed by atoms with E-state index in [2.05, 4.69) is 10.3 Å². The molecular formula is C19H21N3O4. The van der Waals surface area contributed by atoms with Crippen LogP contribution in [0.5, 0.6) is 0 Å². The molecule has 0 amide bonds. The minimum absolute atomic E-state index is 0.0904. The molecule has 0 N–H and O–H groups in total. The highest BCUT2D eigenvalue weighted by atomic mass is 16.5. The van der Waals surface area contributed by atoms with Gasteiger partial charge in [-0.15, -0.1) is 0 Å². The number of methoxy groups -OCH3 is 2. The normalized spacial score (nSPS) is 29.4. The second kappa shape index (κ2) is 6.55. The number of ether oxygens (including phenoxy) is 2. The number of hydrogen-bond donors (Lipinski definition) is 0. The number of benzene rings is 1. The number of rotatable bonds is 3. The number of anilines is 1. The monoisotopic (exact) mass is 355 g/mol. The highest BCUT2D eigenvalue weighted by Crippen LogP contribution is 2.50. The average Bonchev–Trinajstić information content (AvgIpc) is 2.94. The van der Waals surface area contributed by atoms with E-state index in [0.29, 0.717) is 11.1 Å². The van der Waals surface area contributed by atoms with Gasteiger partial charge in [0, 0.05) is 11.8 Å². The lowest BCUT2D eigenvalue weighted by atomic mass is 9.71. The Bertz CT molecular complexity index is 789. The smallest absolute Gasteiger partial charge is 0.334 e. The zero-order chi connectivity index (χ0) is 18.3. The molecular weight excluding hydrogens is 334 g/mol. The summed E-state index contributed by atoms with van der Waals surface area (Å²) in [5.74, 6) is -1.27. The van der Waals surface area contributed by atoms with Gasteiger partial charge in [-0.1, -0.05) is 29.8 Å². The van der Waals surface area contributed by atoms with E-state index in [0.717, 1.165) is 24.9 Å². The number of carbonyl (C=O) groups excluding carboxylic acids is 2. The molecule has 2 bridgehead atoms. The molecule has 3 aliphatic carbocycles. The van der Waals surface area contributed by atoms with Crippen LogP contribution < -0.4 is 5.01 Å². The molecule has 5 rings (SSSR count). The average molecular weight is 355 g/mol. The Morgan fingerprint density at radius 3 is 2.27 bits per heavy atom. The fourth-order valence-electron chi connectivity index (χ4n) is 4.59. The number of hydrogen-bond acceptors (Lipinski definition) is 7. The maximum atomic E-state index is 12.6. The van der Waals surface area contributed by atoms with E-state index in [9.17, 15) is 9.59 Å². The molecule has 0 aromatic heterocycles. The summed E-state index contributed by atoms with van der Waals surface area (Å²) in [6.07, 6.45) is 2.49. The van der Waals surface area contributed by atoms with Crippen LogP contribution in [0.4, 0.5) is 5.69 Å². The molecule has 1 heterocycles. The lowest BCUT2D eigenvalue weighted by Crippen LogP contribution is -2.50. The number of fused-ring (bicyclic) bond motifs is 2. The third-order valence-electron chi connectivity index (χ3n) is 5.63. The molecule has 1 aromatic carbocycles. The molecule has 0 radical (unpaired) electrons. The molecule has 1 aromatic rings. The van der Waals surface area contributed by atoms with Gasteiger partial charge in [-0.3, -0.25) is 0 Å². The minimum atomic E-state index is -0.464. The van der Waals surface area contributed by atoms with E-state index in [1.54, 1.807) is 0 Å². The quantitative estimate of drug-likeness (QED) is 0.779. The van der Waals surface area contributed by atoms with Crippen molar-refractivity contribution in [1.29, 1.82) is 0 Å². The number of para-hydroxylation sites is 1. The summed E-state index contributed by atoms with van der Waals surface area (Å²) in [4.78, 5) is 25.1. The van der Waals surface area contributed by atoms with Gasteiger partial charge >= 0.3 is 11.9 Å². The fourth-order valence-corrected chi connectivity index (χ4v) is 4.59. The number of nitrogens with zero attached hydrogens (tertiary/aromatic N) is 3. The first-order valence-electron chi connectivity index (χ1n) is 8.83. The van der Waals surface area contributed by atoms with Crippen LogP contribution >= 0.6 is 0 Å². The maximum Gasteiger partial charge on any atom is 0.334 e. The number of carbonyl (C=O) groups is 2. The Hall–Kier alpha value is -2.70. The zero-order valence-electron chi connectivity index (χ0n) is 14.8. The van der Waals surface area contributed by atoms with Crippen LogP contribution in [0.3, 0.4) is 0 Å². The van der Waals surface area contributed by atoms with Crippen LogP contribution in [-0.2, 0) is 19.1 Å². The van der Waals surface area contributed by atoms with Gasteiger partial charge in [0.05, 0.1) is 37.1 Å². The molecule has 4 aliphatic rings. The molecule has 7 heteroatoms. The summed E-state index contributed by atoms with van der Waals surface area (Å²) >= 11 is 0. The van der Waals surface area contributed by atoms with E-state index >= 15 is 0 Å². The van der Waals surface area contributed by atoms with Gasteiger partial charge in [0.25, 0.3) is 0 Å². The van der Waals surface area contributed by atoms with Gasteiger partial charge in [0.15, 0.2) is 0 Å². The first kappa shape index (κ1) is 16.8. The summed E-state index contributed by atoms with van der Waals surface area (Å²) in [5, 5.41) is 10.8. The van der Waals surface area contributed by atoms with Crippen molar-refractivity contribution < 1.29 is 19.1 Å². The predicted molar refractivity (Wildman–Crippen MR) is 93.2 cm³/mol. The van der Waals surface area contributed by atoms with Crippen molar-refractivity contribution in [3.05, 3.63) is 41.5 Å². The van der Waals surface area contributed by atoms with Crippen molar-refractivity contribution in [3.8, 4) is 0 Å². The van der Waals surface area contributed by atoms with E-state index < -0.39 is 11.9 Å². The summed E-state index contributed by atoms with van der Waals surface area (Å²) in [6, 6.07) is 9.54. The SMILES string of the molecule is COC(=O)C1=C(C(=O)OC)[C@@H]2CCC[C@H]1[C@@H]1N=NN(c3ccccc3)[C@@H]12. The third-order valence-corrected chi connectivity index (χ3v) is 5.63. The largest absolute Gasteiger partial charge is 0.466 e. The van der Waals surface area contributed by atoms with Crippen LogP contribution in [0, 0.1) is 11.8 Å². The molecule has 136 valence electrons. The van der Waals surface area contributed by atoms with E-state index in [4.69, 9.17) is 9.47 Å². The minimum Gasteiger partial charge on any atom is -0.466 e. The Morgan fingerprint density at radius 1 is 1.00 bits per heavy atom. The van der Waals surface area contributed by atoms with Crippen LogP contribution in [0.25, 0.3) is 0 Å². The van der Waals surface area contributed by atoms with Gasteiger partial charge in [0.2, 0.25) is 0 Å². The zero-order valence-corrected chi connectivity index (χ0v) is 14.8. The van der Waals surface area contributed by atoms with Crippen molar-refractivity contribution in [1.82, 2.24) is 0 Å². The van der Waals surface area contributed by atoms with Crippen molar-refractivity contribution in [2.24, 2.45) is 22.2 Å². The Morgan fingerprint density at radius 2 is 1.62 bits per heavy atom.